The van der Waals surface area contributed by atoms with Gasteiger partial charge in [0, 0.05) is 6.54 Å². The van der Waals surface area contributed by atoms with Gasteiger partial charge >= 0.3 is 0 Å². The molecule has 0 bridgehead atoms. The number of carbonyl (C=O) groups excluding carboxylic acids is 1. The molecule has 1 atom stereocenters. The predicted molar refractivity (Wildman–Crippen MR) is 51.2 cm³/mol. The first-order valence-corrected chi connectivity index (χ1v) is 4.70. The highest BCUT2D eigenvalue weighted by Gasteiger charge is 2.37. The first-order chi connectivity index (χ1) is 6.02. The molecule has 1 heterocycles. The van der Waals surface area contributed by atoms with Crippen LogP contribution in [0.1, 0.15) is 33.6 Å². The van der Waals surface area contributed by atoms with Crippen molar-refractivity contribution in [1.29, 1.82) is 0 Å². The van der Waals surface area contributed by atoms with Crippen molar-refractivity contribution in [3.8, 4) is 0 Å². The van der Waals surface area contributed by atoms with Gasteiger partial charge in [-0.15, -0.1) is 0 Å². The van der Waals surface area contributed by atoms with Crippen LogP contribution in [0, 0.1) is 0 Å². The van der Waals surface area contributed by atoms with Crippen molar-refractivity contribution >= 4 is 5.91 Å². The van der Waals surface area contributed by atoms with E-state index in [1.165, 1.54) is 0 Å². The van der Waals surface area contributed by atoms with Crippen molar-refractivity contribution in [1.82, 2.24) is 5.32 Å². The minimum Gasteiger partial charge on any atom is -0.376 e. The summed E-state index contributed by atoms with van der Waals surface area (Å²) in [7, 11) is 0. The molecule has 0 aliphatic carbocycles. The Balaban J connectivity index is 3.11. The van der Waals surface area contributed by atoms with Gasteiger partial charge in [-0.2, -0.15) is 0 Å². The fourth-order valence-corrected chi connectivity index (χ4v) is 1.65. The van der Waals surface area contributed by atoms with Crippen LogP contribution in [0.25, 0.3) is 0 Å². The van der Waals surface area contributed by atoms with Gasteiger partial charge in [-0.25, -0.2) is 0 Å². The molecule has 0 aromatic rings. The first-order valence-electron chi connectivity index (χ1n) is 4.70. The summed E-state index contributed by atoms with van der Waals surface area (Å²) < 4.78 is 0. The second kappa shape index (κ2) is 3.50. The highest BCUT2D eigenvalue weighted by atomic mass is 16.3. The van der Waals surface area contributed by atoms with E-state index in [0.29, 0.717) is 13.0 Å². The summed E-state index contributed by atoms with van der Waals surface area (Å²) >= 11 is 0. The van der Waals surface area contributed by atoms with E-state index in [2.05, 4.69) is 5.32 Å². The van der Waals surface area contributed by atoms with Crippen molar-refractivity contribution in [2.75, 3.05) is 6.54 Å². The summed E-state index contributed by atoms with van der Waals surface area (Å²) in [6.45, 7) is 6.26. The standard InChI is InChI=1S/C10H17NO2/c1-4-10(13)8(3)7(2)5-6-11-9(10)12/h13H,4-6H2,1-3H3,(H,11,12)/t10-/m1/s1. The molecule has 0 saturated carbocycles. The molecule has 1 aliphatic rings. The summed E-state index contributed by atoms with van der Waals surface area (Å²) in [6.07, 6.45) is 1.27. The molecule has 0 aromatic carbocycles. The minimum absolute atomic E-state index is 0.260. The van der Waals surface area contributed by atoms with Gasteiger partial charge in [-0.05, 0) is 32.3 Å². The SMILES string of the molecule is CC[C@]1(O)C(=O)NCCC(C)=C1C. The molecule has 3 nitrogen and oxygen atoms in total. The summed E-state index contributed by atoms with van der Waals surface area (Å²) in [6, 6.07) is 0. The number of hydrogen-bond acceptors (Lipinski definition) is 2. The molecular weight excluding hydrogens is 166 g/mol. The van der Waals surface area contributed by atoms with Crippen LogP contribution in [-0.2, 0) is 4.79 Å². The molecule has 1 rings (SSSR count). The lowest BCUT2D eigenvalue weighted by molar-refractivity contribution is -0.136. The van der Waals surface area contributed by atoms with E-state index < -0.39 is 5.60 Å². The molecule has 1 aliphatic heterocycles. The molecule has 0 aromatic heterocycles. The third-order valence-corrected chi connectivity index (χ3v) is 2.93. The summed E-state index contributed by atoms with van der Waals surface area (Å²) in [5.41, 5.74) is 0.647. The van der Waals surface area contributed by atoms with Crippen molar-refractivity contribution in [2.24, 2.45) is 0 Å². The van der Waals surface area contributed by atoms with Gasteiger partial charge in [0.15, 0.2) is 5.60 Å². The number of amides is 1. The van der Waals surface area contributed by atoms with E-state index >= 15 is 0 Å². The zero-order chi connectivity index (χ0) is 10.1. The molecule has 0 saturated heterocycles. The van der Waals surface area contributed by atoms with Gasteiger partial charge in [-0.3, -0.25) is 4.79 Å². The third kappa shape index (κ3) is 1.61. The second-order valence-corrected chi connectivity index (χ2v) is 3.63. The lowest BCUT2D eigenvalue weighted by Crippen LogP contribution is -2.46. The Hall–Kier alpha value is -0.830. The van der Waals surface area contributed by atoms with Crippen LogP contribution in [0.5, 0.6) is 0 Å². The Bertz CT molecular complexity index is 258. The van der Waals surface area contributed by atoms with Crippen molar-refractivity contribution in [3.05, 3.63) is 11.1 Å². The molecule has 3 heteroatoms. The number of nitrogens with one attached hydrogen (secondary N) is 1. The Morgan fingerprint density at radius 1 is 1.54 bits per heavy atom. The summed E-state index contributed by atoms with van der Waals surface area (Å²) in [5.74, 6) is -0.260. The van der Waals surface area contributed by atoms with E-state index in [4.69, 9.17) is 0 Å². The molecule has 13 heavy (non-hydrogen) atoms. The van der Waals surface area contributed by atoms with Crippen molar-refractivity contribution < 1.29 is 9.90 Å². The third-order valence-electron chi connectivity index (χ3n) is 2.93. The lowest BCUT2D eigenvalue weighted by atomic mass is 9.88. The minimum atomic E-state index is -1.28. The van der Waals surface area contributed by atoms with Gasteiger partial charge < -0.3 is 10.4 Å². The zero-order valence-electron chi connectivity index (χ0n) is 8.48. The van der Waals surface area contributed by atoms with Crippen molar-refractivity contribution in [3.63, 3.8) is 0 Å². The largest absolute Gasteiger partial charge is 0.376 e. The molecule has 0 radical (unpaired) electrons. The summed E-state index contributed by atoms with van der Waals surface area (Å²) in [4.78, 5) is 11.5. The number of hydrogen-bond donors (Lipinski definition) is 2. The topological polar surface area (TPSA) is 49.3 Å². The predicted octanol–water partition coefficient (Wildman–Crippen LogP) is 0.984. The first kappa shape index (κ1) is 10.3. The molecule has 1 amide bonds. The number of aliphatic hydroxyl groups is 1. The van der Waals surface area contributed by atoms with E-state index in [1.54, 1.807) is 0 Å². The highest BCUT2D eigenvalue weighted by Crippen LogP contribution is 2.27. The molecular formula is C10H17NO2. The van der Waals surface area contributed by atoms with Crippen LogP contribution in [0.2, 0.25) is 0 Å². The Kier molecular flexibility index (Phi) is 2.76. The maximum atomic E-state index is 11.5. The van der Waals surface area contributed by atoms with Crippen molar-refractivity contribution in [2.45, 2.75) is 39.2 Å². The average Bonchev–Trinajstić information content (AvgIpc) is 2.21. The fourth-order valence-electron chi connectivity index (χ4n) is 1.65. The monoisotopic (exact) mass is 183 g/mol. The maximum absolute atomic E-state index is 11.5. The Labute approximate surface area is 78.8 Å². The molecule has 0 fully saturated rings. The normalized spacial score (nSPS) is 30.0. The van der Waals surface area contributed by atoms with Crippen LogP contribution < -0.4 is 5.32 Å². The van der Waals surface area contributed by atoms with Gasteiger partial charge in [0.1, 0.15) is 0 Å². The van der Waals surface area contributed by atoms with Gasteiger partial charge in [-0.1, -0.05) is 12.5 Å². The second-order valence-electron chi connectivity index (χ2n) is 3.63. The van der Waals surface area contributed by atoms with E-state index in [9.17, 15) is 9.90 Å². The highest BCUT2D eigenvalue weighted by molar-refractivity contribution is 5.88. The maximum Gasteiger partial charge on any atom is 0.256 e. The Morgan fingerprint density at radius 2 is 2.15 bits per heavy atom. The average molecular weight is 183 g/mol. The van der Waals surface area contributed by atoms with Gasteiger partial charge in [0.2, 0.25) is 0 Å². The summed E-state index contributed by atoms with van der Waals surface area (Å²) in [5, 5.41) is 12.8. The number of carbonyl (C=O) groups is 1. The van der Waals surface area contributed by atoms with Gasteiger partial charge in [0.05, 0.1) is 0 Å². The van der Waals surface area contributed by atoms with Crippen LogP contribution in [0.3, 0.4) is 0 Å². The van der Waals surface area contributed by atoms with Crippen LogP contribution >= 0.6 is 0 Å². The molecule has 0 unspecified atom stereocenters. The number of rotatable bonds is 1. The van der Waals surface area contributed by atoms with E-state index in [-0.39, 0.29) is 5.91 Å². The van der Waals surface area contributed by atoms with E-state index in [0.717, 1.165) is 17.6 Å². The lowest BCUT2D eigenvalue weighted by Gasteiger charge is -2.25. The van der Waals surface area contributed by atoms with E-state index in [1.807, 2.05) is 20.8 Å². The van der Waals surface area contributed by atoms with Gasteiger partial charge in [0.25, 0.3) is 5.91 Å². The smallest absolute Gasteiger partial charge is 0.256 e. The zero-order valence-corrected chi connectivity index (χ0v) is 8.48. The molecule has 74 valence electrons. The van der Waals surface area contributed by atoms with Crippen LogP contribution in [0.15, 0.2) is 11.1 Å². The fraction of sp³-hybridized carbons (Fsp3) is 0.700. The van der Waals surface area contributed by atoms with Crippen LogP contribution in [0.4, 0.5) is 0 Å². The Morgan fingerprint density at radius 3 is 2.69 bits per heavy atom. The van der Waals surface area contributed by atoms with Crippen LogP contribution in [-0.4, -0.2) is 23.2 Å². The molecule has 2 N–H and O–H groups in total. The molecule has 0 spiro atoms. The quantitative estimate of drug-likeness (QED) is 0.595.